The Morgan fingerprint density at radius 1 is 0.778 bits per heavy atom. The van der Waals surface area contributed by atoms with Gasteiger partial charge in [0.15, 0.2) is 0 Å². The van der Waals surface area contributed by atoms with Crippen LogP contribution in [-0.2, 0) is 10.3 Å². The minimum atomic E-state index is -0.742. The van der Waals surface area contributed by atoms with Crippen LogP contribution in [0.15, 0.2) is 91.0 Å². The first-order valence-electron chi connectivity index (χ1n) is 9.61. The molecule has 3 aromatic rings. The Balaban J connectivity index is 2.21. The number of unbranched alkanes of at least 4 members (excludes halogenated alkanes) is 1. The van der Waals surface area contributed by atoms with Gasteiger partial charge in [-0.2, -0.15) is 0 Å². The minimum absolute atomic E-state index is 0.259. The Kier molecular flexibility index (Phi) is 6.47. The second-order valence-corrected chi connectivity index (χ2v) is 6.69. The molecule has 1 atom stereocenters. The van der Waals surface area contributed by atoms with Gasteiger partial charge < -0.3 is 4.74 Å². The molecule has 0 saturated carbocycles. The van der Waals surface area contributed by atoms with Gasteiger partial charge >= 0.3 is 0 Å². The molecule has 136 valence electrons. The number of hydrogen-bond donors (Lipinski definition) is 0. The van der Waals surface area contributed by atoms with Crippen LogP contribution in [0.4, 0.5) is 0 Å². The molecule has 0 aliphatic carbocycles. The number of hydrogen-bond acceptors (Lipinski definition) is 1. The van der Waals surface area contributed by atoms with Crippen LogP contribution in [-0.4, -0.2) is 6.10 Å². The maximum atomic E-state index is 6.81. The van der Waals surface area contributed by atoms with Gasteiger partial charge in [-0.25, -0.2) is 0 Å². The molecular formula is C26H26O. The topological polar surface area (TPSA) is 9.23 Å². The van der Waals surface area contributed by atoms with Crippen LogP contribution >= 0.6 is 0 Å². The molecule has 0 aliphatic heterocycles. The SMILES string of the molecule is C#CC(CCCC)OC(c1ccccc1)(c1ccccc1)c1ccccc1. The first-order valence-corrected chi connectivity index (χ1v) is 9.61. The molecule has 0 radical (unpaired) electrons. The van der Waals surface area contributed by atoms with E-state index in [9.17, 15) is 0 Å². The number of terminal acetylenes is 1. The smallest absolute Gasteiger partial charge is 0.145 e. The largest absolute Gasteiger partial charge is 0.345 e. The highest BCUT2D eigenvalue weighted by Gasteiger charge is 2.39. The fourth-order valence-electron chi connectivity index (χ4n) is 3.50. The highest BCUT2D eigenvalue weighted by molar-refractivity contribution is 5.47. The van der Waals surface area contributed by atoms with Crippen molar-refractivity contribution in [1.29, 1.82) is 0 Å². The molecule has 27 heavy (non-hydrogen) atoms. The van der Waals surface area contributed by atoms with E-state index >= 15 is 0 Å². The zero-order chi connectivity index (χ0) is 19.0. The van der Waals surface area contributed by atoms with Gasteiger partial charge in [-0.15, -0.1) is 6.42 Å². The summed E-state index contributed by atoms with van der Waals surface area (Å²) in [6, 6.07) is 31.1. The molecule has 0 bridgehead atoms. The predicted molar refractivity (Wildman–Crippen MR) is 112 cm³/mol. The number of rotatable bonds is 8. The van der Waals surface area contributed by atoms with Crippen LogP contribution < -0.4 is 0 Å². The van der Waals surface area contributed by atoms with Crippen molar-refractivity contribution < 1.29 is 4.74 Å². The molecule has 3 rings (SSSR count). The van der Waals surface area contributed by atoms with Crippen molar-refractivity contribution in [2.45, 2.75) is 37.9 Å². The van der Waals surface area contributed by atoms with E-state index in [1.807, 2.05) is 18.2 Å². The summed E-state index contributed by atoms with van der Waals surface area (Å²) < 4.78 is 6.81. The van der Waals surface area contributed by atoms with Crippen molar-refractivity contribution in [2.75, 3.05) is 0 Å². The summed E-state index contributed by atoms with van der Waals surface area (Å²) in [5.41, 5.74) is 2.51. The second kappa shape index (κ2) is 9.21. The van der Waals surface area contributed by atoms with Crippen molar-refractivity contribution in [1.82, 2.24) is 0 Å². The summed E-state index contributed by atoms with van der Waals surface area (Å²) in [5.74, 6) is 2.88. The summed E-state index contributed by atoms with van der Waals surface area (Å²) in [4.78, 5) is 0. The lowest BCUT2D eigenvalue weighted by Gasteiger charge is -2.38. The molecule has 0 heterocycles. The highest BCUT2D eigenvalue weighted by atomic mass is 16.5. The Bertz CT molecular complexity index is 750. The standard InChI is InChI=1S/C26H26O/c1-3-5-21-25(4-2)27-26(22-15-9-6-10-16-22,23-17-11-7-12-18-23)24-19-13-8-14-20-24/h2,6-20,25H,3,5,21H2,1H3. The van der Waals surface area contributed by atoms with Gasteiger partial charge in [-0.3, -0.25) is 0 Å². The first kappa shape index (κ1) is 19.0. The van der Waals surface area contributed by atoms with Crippen molar-refractivity contribution in [3.8, 4) is 12.3 Å². The molecule has 0 saturated heterocycles. The van der Waals surface area contributed by atoms with Gasteiger partial charge in [0.2, 0.25) is 0 Å². The van der Waals surface area contributed by atoms with Gasteiger partial charge in [0.1, 0.15) is 11.7 Å². The summed E-state index contributed by atoms with van der Waals surface area (Å²) >= 11 is 0. The van der Waals surface area contributed by atoms with E-state index in [0.29, 0.717) is 0 Å². The predicted octanol–water partition coefficient (Wildman–Crippen LogP) is 6.19. The average Bonchev–Trinajstić information content (AvgIpc) is 2.76. The van der Waals surface area contributed by atoms with E-state index in [1.165, 1.54) is 0 Å². The lowest BCUT2D eigenvalue weighted by atomic mass is 9.80. The maximum Gasteiger partial charge on any atom is 0.145 e. The average molecular weight is 354 g/mol. The van der Waals surface area contributed by atoms with Gasteiger partial charge in [-0.1, -0.05) is 117 Å². The zero-order valence-corrected chi connectivity index (χ0v) is 15.8. The summed E-state index contributed by atoms with van der Waals surface area (Å²) in [6.45, 7) is 2.17. The summed E-state index contributed by atoms with van der Waals surface area (Å²) in [6.07, 6.45) is 8.61. The van der Waals surface area contributed by atoms with Crippen LogP contribution in [0.3, 0.4) is 0 Å². The molecule has 3 aromatic carbocycles. The molecule has 1 heteroatoms. The first-order chi connectivity index (χ1) is 13.3. The molecule has 0 aromatic heterocycles. The third-order valence-electron chi connectivity index (χ3n) is 4.87. The normalized spacial score (nSPS) is 12.3. The van der Waals surface area contributed by atoms with Crippen LogP contribution in [0.2, 0.25) is 0 Å². The third kappa shape index (κ3) is 4.13. The van der Waals surface area contributed by atoms with Crippen LogP contribution in [0.5, 0.6) is 0 Å². The molecule has 0 spiro atoms. The zero-order valence-electron chi connectivity index (χ0n) is 15.8. The van der Waals surface area contributed by atoms with Crippen molar-refractivity contribution in [3.63, 3.8) is 0 Å². The lowest BCUT2D eigenvalue weighted by Crippen LogP contribution is -2.36. The Morgan fingerprint density at radius 3 is 1.52 bits per heavy atom. The van der Waals surface area contributed by atoms with E-state index in [1.54, 1.807) is 0 Å². The van der Waals surface area contributed by atoms with Gasteiger partial charge in [0.25, 0.3) is 0 Å². The fraction of sp³-hybridized carbons (Fsp3) is 0.231. The molecule has 0 fully saturated rings. The van der Waals surface area contributed by atoms with Crippen LogP contribution in [0, 0.1) is 12.3 Å². The molecular weight excluding hydrogens is 328 g/mol. The Hall–Kier alpha value is -2.82. The molecule has 1 unspecified atom stereocenters. The van der Waals surface area contributed by atoms with Crippen LogP contribution in [0.1, 0.15) is 42.9 Å². The van der Waals surface area contributed by atoms with Crippen LogP contribution in [0.25, 0.3) is 0 Å². The summed E-state index contributed by atoms with van der Waals surface area (Å²) in [7, 11) is 0. The van der Waals surface area contributed by atoms with Gasteiger partial charge in [0, 0.05) is 0 Å². The van der Waals surface area contributed by atoms with Crippen molar-refractivity contribution in [3.05, 3.63) is 108 Å². The van der Waals surface area contributed by atoms with Gasteiger partial charge in [-0.05, 0) is 23.1 Å². The molecule has 0 N–H and O–H groups in total. The fourth-order valence-corrected chi connectivity index (χ4v) is 3.50. The monoisotopic (exact) mass is 354 g/mol. The van der Waals surface area contributed by atoms with E-state index in [4.69, 9.17) is 11.2 Å². The Labute approximate surface area is 163 Å². The van der Waals surface area contributed by atoms with Crippen molar-refractivity contribution >= 4 is 0 Å². The molecule has 0 amide bonds. The Morgan fingerprint density at radius 2 is 1.19 bits per heavy atom. The van der Waals surface area contributed by atoms with E-state index in [-0.39, 0.29) is 6.10 Å². The lowest BCUT2D eigenvalue weighted by molar-refractivity contribution is -0.0238. The second-order valence-electron chi connectivity index (χ2n) is 6.69. The molecule has 1 nitrogen and oxygen atoms in total. The van der Waals surface area contributed by atoms with E-state index < -0.39 is 5.60 Å². The van der Waals surface area contributed by atoms with Gasteiger partial charge in [0.05, 0.1) is 0 Å². The van der Waals surface area contributed by atoms with Crippen molar-refractivity contribution in [2.24, 2.45) is 0 Å². The maximum absolute atomic E-state index is 6.81. The summed E-state index contributed by atoms with van der Waals surface area (Å²) in [5, 5.41) is 0. The van der Waals surface area contributed by atoms with E-state index in [0.717, 1.165) is 36.0 Å². The third-order valence-corrected chi connectivity index (χ3v) is 4.87. The quantitative estimate of drug-likeness (QED) is 0.346. The van der Waals surface area contributed by atoms with E-state index in [2.05, 4.69) is 85.6 Å². The number of benzene rings is 3. The highest BCUT2D eigenvalue weighted by Crippen LogP contribution is 2.41. The minimum Gasteiger partial charge on any atom is -0.345 e. The number of ether oxygens (including phenoxy) is 1. The molecule has 0 aliphatic rings.